The van der Waals surface area contributed by atoms with E-state index in [0.717, 1.165) is 17.7 Å². The van der Waals surface area contributed by atoms with E-state index in [-0.39, 0.29) is 34.2 Å². The van der Waals surface area contributed by atoms with E-state index >= 15 is 0 Å². The molecule has 2 heterocycles. The van der Waals surface area contributed by atoms with E-state index in [2.05, 4.69) is 0 Å². The summed E-state index contributed by atoms with van der Waals surface area (Å²) in [7, 11) is -3.65. The van der Waals surface area contributed by atoms with E-state index in [1.165, 1.54) is 22.5 Å². The van der Waals surface area contributed by atoms with Crippen molar-refractivity contribution in [2.45, 2.75) is 24.3 Å². The molecule has 0 N–H and O–H groups in total. The standard InChI is InChI=1S/C21H23ClN2O5S/c1-15-12-16-4-2-3-5-19(16)24(15)21(25)14-29-20-7-6-17(13-18(20)22)30(26,27)23-8-10-28-11-9-23/h2-7,13,15H,8-12,14H2,1H3/t15-/m1/s1. The summed E-state index contributed by atoms with van der Waals surface area (Å²) >= 11 is 6.27. The zero-order valence-electron chi connectivity index (χ0n) is 16.6. The fourth-order valence-electron chi connectivity index (χ4n) is 3.85. The number of rotatable bonds is 5. The highest BCUT2D eigenvalue weighted by molar-refractivity contribution is 7.89. The molecule has 0 radical (unpaired) electrons. The fraction of sp³-hybridized carbons (Fsp3) is 0.381. The molecular formula is C21H23ClN2O5S. The molecule has 0 aromatic heterocycles. The maximum absolute atomic E-state index is 12.8. The van der Waals surface area contributed by atoms with Crippen LogP contribution in [0.2, 0.25) is 5.02 Å². The molecule has 2 aliphatic heterocycles. The Morgan fingerprint density at radius 2 is 1.93 bits per heavy atom. The van der Waals surface area contributed by atoms with Gasteiger partial charge in [-0.05, 0) is 43.2 Å². The first-order valence-corrected chi connectivity index (χ1v) is 11.6. The van der Waals surface area contributed by atoms with Gasteiger partial charge in [-0.1, -0.05) is 29.8 Å². The Morgan fingerprint density at radius 3 is 2.67 bits per heavy atom. The Kier molecular flexibility index (Phi) is 6.02. The molecule has 1 atom stereocenters. The number of fused-ring (bicyclic) bond motifs is 1. The zero-order valence-corrected chi connectivity index (χ0v) is 18.2. The molecule has 0 unspecified atom stereocenters. The smallest absolute Gasteiger partial charge is 0.265 e. The van der Waals surface area contributed by atoms with Gasteiger partial charge >= 0.3 is 0 Å². The first-order valence-electron chi connectivity index (χ1n) is 9.78. The summed E-state index contributed by atoms with van der Waals surface area (Å²) in [5.74, 6) is 0.0969. The lowest BCUT2D eigenvalue weighted by Crippen LogP contribution is -2.40. The number of hydrogen-bond donors (Lipinski definition) is 0. The summed E-state index contributed by atoms with van der Waals surface area (Å²) in [6.45, 7) is 3.16. The van der Waals surface area contributed by atoms with Crippen molar-refractivity contribution in [3.63, 3.8) is 0 Å². The summed E-state index contributed by atoms with van der Waals surface area (Å²) in [5.41, 5.74) is 2.03. The Bertz CT molecular complexity index is 1050. The van der Waals surface area contributed by atoms with E-state index in [9.17, 15) is 13.2 Å². The minimum Gasteiger partial charge on any atom is -0.482 e. The van der Waals surface area contributed by atoms with Crippen molar-refractivity contribution in [2.75, 3.05) is 37.8 Å². The number of sulfonamides is 1. The van der Waals surface area contributed by atoms with Crippen molar-refractivity contribution in [3.05, 3.63) is 53.1 Å². The number of nitrogens with zero attached hydrogens (tertiary/aromatic N) is 2. The van der Waals surface area contributed by atoms with Gasteiger partial charge < -0.3 is 14.4 Å². The molecule has 1 saturated heterocycles. The van der Waals surface area contributed by atoms with Crippen LogP contribution in [0.4, 0.5) is 5.69 Å². The molecule has 2 aromatic rings. The Hall–Kier alpha value is -2.13. The van der Waals surface area contributed by atoms with E-state index in [4.69, 9.17) is 21.1 Å². The van der Waals surface area contributed by atoms with Gasteiger partial charge in [-0.2, -0.15) is 4.31 Å². The fourth-order valence-corrected chi connectivity index (χ4v) is 5.58. The first kappa shape index (κ1) is 21.1. The van der Waals surface area contributed by atoms with Crippen LogP contribution < -0.4 is 9.64 Å². The van der Waals surface area contributed by atoms with Crippen LogP contribution in [0.1, 0.15) is 12.5 Å². The second-order valence-corrected chi connectivity index (χ2v) is 9.69. The molecule has 160 valence electrons. The first-order chi connectivity index (χ1) is 14.4. The Morgan fingerprint density at radius 1 is 1.20 bits per heavy atom. The van der Waals surface area contributed by atoms with Crippen molar-refractivity contribution >= 4 is 33.2 Å². The van der Waals surface area contributed by atoms with Gasteiger partial charge in [0, 0.05) is 24.8 Å². The van der Waals surface area contributed by atoms with Crippen molar-refractivity contribution in [1.82, 2.24) is 4.31 Å². The van der Waals surface area contributed by atoms with Crippen LogP contribution in [0.15, 0.2) is 47.4 Å². The molecule has 0 bridgehead atoms. The van der Waals surface area contributed by atoms with E-state index in [0.29, 0.717) is 26.3 Å². The largest absolute Gasteiger partial charge is 0.482 e. The molecule has 9 heteroatoms. The van der Waals surface area contributed by atoms with Crippen LogP contribution in [-0.2, 0) is 26.0 Å². The third-order valence-corrected chi connectivity index (χ3v) is 7.53. The van der Waals surface area contributed by atoms with Gasteiger partial charge in [0.2, 0.25) is 10.0 Å². The normalized spacial score (nSPS) is 19.5. The quantitative estimate of drug-likeness (QED) is 0.700. The molecule has 2 aromatic carbocycles. The maximum Gasteiger partial charge on any atom is 0.265 e. The van der Waals surface area contributed by atoms with Gasteiger partial charge in [-0.3, -0.25) is 4.79 Å². The molecular weight excluding hydrogens is 428 g/mol. The summed E-state index contributed by atoms with van der Waals surface area (Å²) < 4.78 is 37.7. The third kappa shape index (κ3) is 4.05. The summed E-state index contributed by atoms with van der Waals surface area (Å²) in [4.78, 5) is 14.6. The number of para-hydroxylation sites is 1. The van der Waals surface area contributed by atoms with Crippen LogP contribution in [0.5, 0.6) is 5.75 Å². The number of benzene rings is 2. The molecule has 2 aliphatic rings. The van der Waals surface area contributed by atoms with Crippen LogP contribution >= 0.6 is 11.6 Å². The van der Waals surface area contributed by atoms with E-state index in [1.54, 1.807) is 4.90 Å². The lowest BCUT2D eigenvalue weighted by Gasteiger charge is -2.26. The second kappa shape index (κ2) is 8.55. The van der Waals surface area contributed by atoms with E-state index < -0.39 is 10.0 Å². The van der Waals surface area contributed by atoms with Gasteiger partial charge in [0.15, 0.2) is 6.61 Å². The lowest BCUT2D eigenvalue weighted by molar-refractivity contribution is -0.120. The number of carbonyl (C=O) groups excluding carboxylic acids is 1. The highest BCUT2D eigenvalue weighted by Crippen LogP contribution is 2.33. The molecule has 7 nitrogen and oxygen atoms in total. The van der Waals surface area contributed by atoms with Gasteiger partial charge in [-0.15, -0.1) is 0 Å². The van der Waals surface area contributed by atoms with Crippen molar-refractivity contribution in [2.24, 2.45) is 0 Å². The second-order valence-electron chi connectivity index (χ2n) is 7.34. The Labute approximate surface area is 181 Å². The predicted molar refractivity (Wildman–Crippen MR) is 114 cm³/mol. The molecule has 1 fully saturated rings. The monoisotopic (exact) mass is 450 g/mol. The minimum atomic E-state index is -3.65. The number of halogens is 1. The van der Waals surface area contributed by atoms with Crippen LogP contribution in [-0.4, -0.2) is 57.6 Å². The maximum atomic E-state index is 12.8. The highest BCUT2D eigenvalue weighted by Gasteiger charge is 2.31. The van der Waals surface area contributed by atoms with Gasteiger partial charge in [0.05, 0.1) is 23.1 Å². The average molecular weight is 451 g/mol. The number of hydrogen-bond acceptors (Lipinski definition) is 5. The van der Waals surface area contributed by atoms with E-state index in [1.807, 2.05) is 31.2 Å². The topological polar surface area (TPSA) is 76.2 Å². The van der Waals surface area contributed by atoms with Crippen molar-refractivity contribution in [3.8, 4) is 5.75 Å². The van der Waals surface area contributed by atoms with Crippen molar-refractivity contribution in [1.29, 1.82) is 0 Å². The number of ether oxygens (including phenoxy) is 2. The van der Waals surface area contributed by atoms with Crippen LogP contribution in [0, 0.1) is 0 Å². The third-order valence-electron chi connectivity index (χ3n) is 5.34. The molecule has 0 saturated carbocycles. The van der Waals surface area contributed by atoms with Crippen molar-refractivity contribution < 1.29 is 22.7 Å². The minimum absolute atomic E-state index is 0.0509. The average Bonchev–Trinajstić information content (AvgIpc) is 3.09. The molecule has 30 heavy (non-hydrogen) atoms. The number of carbonyl (C=O) groups is 1. The summed E-state index contributed by atoms with van der Waals surface area (Å²) in [6, 6.07) is 12.2. The van der Waals surface area contributed by atoms with Gasteiger partial charge in [0.25, 0.3) is 5.91 Å². The van der Waals surface area contributed by atoms with Gasteiger partial charge in [0.1, 0.15) is 5.75 Å². The van der Waals surface area contributed by atoms with Crippen LogP contribution in [0.3, 0.4) is 0 Å². The Balaban J connectivity index is 1.45. The summed E-state index contributed by atoms with van der Waals surface area (Å²) in [5, 5.41) is 0.145. The number of amides is 1. The predicted octanol–water partition coefficient (Wildman–Crippen LogP) is 2.72. The zero-order chi connectivity index (χ0) is 21.3. The number of anilines is 1. The molecule has 0 aliphatic carbocycles. The molecule has 4 rings (SSSR count). The summed E-state index contributed by atoms with van der Waals surface area (Å²) in [6.07, 6.45) is 0.802. The van der Waals surface area contributed by atoms with Gasteiger partial charge in [-0.25, -0.2) is 8.42 Å². The molecule has 0 spiro atoms. The highest BCUT2D eigenvalue weighted by atomic mass is 35.5. The van der Waals surface area contributed by atoms with Crippen LogP contribution in [0.25, 0.3) is 0 Å². The SMILES string of the molecule is C[C@@H]1Cc2ccccc2N1C(=O)COc1ccc(S(=O)(=O)N2CCOCC2)cc1Cl. The lowest BCUT2D eigenvalue weighted by atomic mass is 10.1. The molecule has 1 amide bonds. The number of morpholine rings is 1.